The number of rotatable bonds is 5. The average molecular weight is 353 g/mol. The summed E-state index contributed by atoms with van der Waals surface area (Å²) in [7, 11) is 5.42. The number of hydrogen-bond acceptors (Lipinski definition) is 3. The molecule has 5 nitrogen and oxygen atoms in total. The summed E-state index contributed by atoms with van der Waals surface area (Å²) in [5, 5.41) is 14.4. The number of hydrogen-bond donors (Lipinski definition) is 2. The first-order chi connectivity index (χ1) is 12.6. The van der Waals surface area contributed by atoms with Crippen molar-refractivity contribution in [2.75, 3.05) is 27.7 Å². The van der Waals surface area contributed by atoms with Gasteiger partial charge in [-0.05, 0) is 30.0 Å². The van der Waals surface area contributed by atoms with Crippen molar-refractivity contribution >= 4 is 5.96 Å². The first-order valence-electron chi connectivity index (χ1n) is 8.92. The summed E-state index contributed by atoms with van der Waals surface area (Å²) in [6.07, 6.45) is 1.64. The van der Waals surface area contributed by atoms with E-state index in [1.165, 1.54) is 5.56 Å². The zero-order chi connectivity index (χ0) is 18.6. The van der Waals surface area contributed by atoms with Gasteiger partial charge in [-0.2, -0.15) is 0 Å². The van der Waals surface area contributed by atoms with E-state index in [0.29, 0.717) is 13.1 Å². The van der Waals surface area contributed by atoms with Crippen LogP contribution in [0.2, 0.25) is 0 Å². The van der Waals surface area contributed by atoms with Gasteiger partial charge in [-0.15, -0.1) is 0 Å². The third-order valence-corrected chi connectivity index (χ3v) is 5.04. The molecule has 5 heteroatoms. The molecule has 0 heterocycles. The van der Waals surface area contributed by atoms with Crippen LogP contribution in [0.1, 0.15) is 23.1 Å². The summed E-state index contributed by atoms with van der Waals surface area (Å²) in [6.45, 7) is 1.10. The fraction of sp³-hybridized carbons (Fsp3) is 0.381. The van der Waals surface area contributed by atoms with Crippen LogP contribution in [0.4, 0.5) is 0 Å². The van der Waals surface area contributed by atoms with Crippen LogP contribution in [0.15, 0.2) is 53.5 Å². The number of methoxy groups -OCH3 is 1. The van der Waals surface area contributed by atoms with E-state index in [4.69, 9.17) is 4.74 Å². The second-order valence-electron chi connectivity index (χ2n) is 6.76. The monoisotopic (exact) mass is 353 g/mol. The predicted molar refractivity (Wildman–Crippen MR) is 104 cm³/mol. The van der Waals surface area contributed by atoms with Crippen LogP contribution in [-0.2, 0) is 18.6 Å². The Hall–Kier alpha value is -2.53. The van der Waals surface area contributed by atoms with Crippen LogP contribution in [-0.4, -0.2) is 43.7 Å². The summed E-state index contributed by atoms with van der Waals surface area (Å²) in [5.41, 5.74) is 2.49. The van der Waals surface area contributed by atoms with Crippen LogP contribution >= 0.6 is 0 Å². The summed E-state index contributed by atoms with van der Waals surface area (Å²) in [6, 6.07) is 16.1. The number of aliphatic imine (C=N–C) groups is 1. The topological polar surface area (TPSA) is 57.1 Å². The van der Waals surface area contributed by atoms with Gasteiger partial charge in [0.05, 0.1) is 13.7 Å². The summed E-state index contributed by atoms with van der Waals surface area (Å²) < 4.78 is 5.43. The van der Waals surface area contributed by atoms with Gasteiger partial charge in [0.25, 0.3) is 0 Å². The molecule has 0 saturated carbocycles. The molecule has 0 bridgehead atoms. The third kappa shape index (κ3) is 3.68. The van der Waals surface area contributed by atoms with Crippen molar-refractivity contribution in [3.8, 4) is 5.75 Å². The van der Waals surface area contributed by atoms with Crippen molar-refractivity contribution in [3.05, 3.63) is 65.2 Å². The molecule has 3 rings (SSSR count). The Morgan fingerprint density at radius 2 is 1.96 bits per heavy atom. The van der Waals surface area contributed by atoms with Crippen LogP contribution in [0.3, 0.4) is 0 Å². The number of para-hydroxylation sites is 1. The largest absolute Gasteiger partial charge is 0.496 e. The smallest absolute Gasteiger partial charge is 0.193 e. The van der Waals surface area contributed by atoms with Gasteiger partial charge in [-0.1, -0.05) is 42.5 Å². The normalized spacial score (nSPS) is 19.2. The van der Waals surface area contributed by atoms with Crippen molar-refractivity contribution in [1.82, 2.24) is 10.2 Å². The van der Waals surface area contributed by atoms with Gasteiger partial charge in [0, 0.05) is 26.2 Å². The summed E-state index contributed by atoms with van der Waals surface area (Å²) in [4.78, 5) is 6.40. The zero-order valence-electron chi connectivity index (χ0n) is 15.7. The van der Waals surface area contributed by atoms with E-state index in [9.17, 15) is 5.11 Å². The number of guanidine groups is 1. The van der Waals surface area contributed by atoms with Crippen LogP contribution in [0.5, 0.6) is 5.75 Å². The molecule has 0 spiro atoms. The number of aryl methyl sites for hydroxylation is 1. The fourth-order valence-electron chi connectivity index (χ4n) is 3.63. The first-order valence-corrected chi connectivity index (χ1v) is 8.92. The Kier molecular flexibility index (Phi) is 5.47. The van der Waals surface area contributed by atoms with Crippen LogP contribution in [0, 0.1) is 0 Å². The number of fused-ring (bicyclic) bond motifs is 1. The summed E-state index contributed by atoms with van der Waals surface area (Å²) in [5.74, 6) is 1.60. The Bertz CT molecular complexity index is 790. The van der Waals surface area contributed by atoms with Gasteiger partial charge in [0.15, 0.2) is 5.96 Å². The quantitative estimate of drug-likeness (QED) is 0.641. The number of nitrogens with one attached hydrogen (secondary N) is 1. The van der Waals surface area contributed by atoms with Crippen LogP contribution < -0.4 is 10.1 Å². The molecule has 0 saturated heterocycles. The van der Waals surface area contributed by atoms with Crippen molar-refractivity contribution in [1.29, 1.82) is 0 Å². The van der Waals surface area contributed by atoms with E-state index in [-0.39, 0.29) is 0 Å². The van der Waals surface area contributed by atoms with Crippen molar-refractivity contribution < 1.29 is 9.84 Å². The lowest BCUT2D eigenvalue weighted by molar-refractivity contribution is 0.0426. The van der Waals surface area contributed by atoms with Gasteiger partial charge in [-0.3, -0.25) is 4.99 Å². The Balaban J connectivity index is 1.67. The minimum Gasteiger partial charge on any atom is -0.496 e. The van der Waals surface area contributed by atoms with Gasteiger partial charge in [0.2, 0.25) is 0 Å². The minimum atomic E-state index is -0.849. The molecule has 0 amide bonds. The molecule has 26 heavy (non-hydrogen) atoms. The highest BCUT2D eigenvalue weighted by Gasteiger charge is 2.36. The maximum absolute atomic E-state index is 11.1. The van der Waals surface area contributed by atoms with E-state index in [1.54, 1.807) is 14.2 Å². The van der Waals surface area contributed by atoms with Gasteiger partial charge >= 0.3 is 0 Å². The zero-order valence-corrected chi connectivity index (χ0v) is 15.7. The first kappa shape index (κ1) is 18.3. The maximum Gasteiger partial charge on any atom is 0.193 e. The molecule has 1 unspecified atom stereocenters. The summed E-state index contributed by atoms with van der Waals surface area (Å²) >= 11 is 0. The fourth-order valence-corrected chi connectivity index (χ4v) is 3.63. The lowest BCUT2D eigenvalue weighted by atomic mass is 9.96. The molecule has 138 valence electrons. The molecule has 0 aliphatic heterocycles. The number of nitrogens with zero attached hydrogens (tertiary/aromatic N) is 2. The molecule has 1 atom stereocenters. The Morgan fingerprint density at radius 1 is 1.23 bits per heavy atom. The highest BCUT2D eigenvalue weighted by molar-refractivity contribution is 5.79. The van der Waals surface area contributed by atoms with E-state index in [2.05, 4.69) is 16.4 Å². The van der Waals surface area contributed by atoms with Gasteiger partial charge in [0.1, 0.15) is 11.4 Å². The molecule has 1 aliphatic rings. The lowest BCUT2D eigenvalue weighted by Crippen LogP contribution is -2.45. The standard InChI is InChI=1S/C21H27N3O2/c1-22-20(24(2)14-17-9-5-7-11-19(17)26-3)23-15-21(25)13-12-16-8-4-6-10-18(16)21/h4-11,25H,12-15H2,1-3H3,(H,22,23). The lowest BCUT2D eigenvalue weighted by Gasteiger charge is -2.28. The van der Waals surface area contributed by atoms with Crippen LogP contribution in [0.25, 0.3) is 0 Å². The Labute approximate surface area is 155 Å². The van der Waals surface area contributed by atoms with E-state index in [1.807, 2.05) is 54.4 Å². The van der Waals surface area contributed by atoms with Crippen molar-refractivity contribution in [2.45, 2.75) is 25.0 Å². The molecule has 0 aromatic heterocycles. The molecule has 2 aromatic carbocycles. The Morgan fingerprint density at radius 3 is 2.73 bits per heavy atom. The molecular weight excluding hydrogens is 326 g/mol. The highest BCUT2D eigenvalue weighted by atomic mass is 16.5. The highest BCUT2D eigenvalue weighted by Crippen LogP contribution is 2.36. The molecule has 0 radical (unpaired) electrons. The number of ether oxygens (including phenoxy) is 1. The van der Waals surface area contributed by atoms with Gasteiger partial charge in [-0.25, -0.2) is 0 Å². The second kappa shape index (κ2) is 7.79. The molecule has 2 aromatic rings. The maximum atomic E-state index is 11.1. The van der Waals surface area contributed by atoms with E-state index in [0.717, 1.165) is 35.7 Å². The number of aliphatic hydroxyl groups is 1. The van der Waals surface area contributed by atoms with E-state index >= 15 is 0 Å². The molecule has 1 aliphatic carbocycles. The third-order valence-electron chi connectivity index (χ3n) is 5.04. The minimum absolute atomic E-state index is 0.437. The number of benzene rings is 2. The average Bonchev–Trinajstić information content (AvgIpc) is 3.00. The molecule has 2 N–H and O–H groups in total. The van der Waals surface area contributed by atoms with Crippen molar-refractivity contribution in [3.63, 3.8) is 0 Å². The molecular formula is C21H27N3O2. The van der Waals surface area contributed by atoms with E-state index < -0.39 is 5.60 Å². The van der Waals surface area contributed by atoms with Crippen molar-refractivity contribution in [2.24, 2.45) is 4.99 Å². The molecule has 0 fully saturated rings. The predicted octanol–water partition coefficient (Wildman–Crippen LogP) is 2.54. The van der Waals surface area contributed by atoms with Gasteiger partial charge < -0.3 is 20.1 Å². The SMILES string of the molecule is CN=C(NCC1(O)CCc2ccccc21)N(C)Cc1ccccc1OC. The second-order valence-corrected chi connectivity index (χ2v) is 6.76.